The first-order valence-electron chi connectivity index (χ1n) is 8.88. The maximum atomic E-state index is 12.4. The van der Waals surface area contributed by atoms with Crippen molar-refractivity contribution in [3.05, 3.63) is 99.1 Å². The van der Waals surface area contributed by atoms with Gasteiger partial charge in [0.05, 0.1) is 4.92 Å². The highest BCUT2D eigenvalue weighted by atomic mass is 16.6. The average Bonchev–Trinajstić information content (AvgIpc) is 2.69. The van der Waals surface area contributed by atoms with Crippen molar-refractivity contribution >= 4 is 28.9 Å². The lowest BCUT2D eigenvalue weighted by Gasteiger charge is -2.09. The molecule has 0 aliphatic heterocycles. The van der Waals surface area contributed by atoms with E-state index in [1.807, 2.05) is 19.1 Å². The first kappa shape index (κ1) is 19.8. The summed E-state index contributed by atoms with van der Waals surface area (Å²) in [4.78, 5) is 35.2. The topological polar surface area (TPSA) is 101 Å². The van der Waals surface area contributed by atoms with E-state index >= 15 is 0 Å². The minimum absolute atomic E-state index is 0.105. The average molecular weight is 389 g/mol. The molecule has 7 heteroatoms. The second kappa shape index (κ2) is 8.35. The summed E-state index contributed by atoms with van der Waals surface area (Å²) in [5, 5.41) is 16.5. The van der Waals surface area contributed by atoms with Gasteiger partial charge < -0.3 is 10.6 Å². The zero-order valence-corrected chi connectivity index (χ0v) is 15.9. The Morgan fingerprint density at radius 3 is 1.86 bits per heavy atom. The monoisotopic (exact) mass is 389 g/mol. The lowest BCUT2D eigenvalue weighted by atomic mass is 10.1. The van der Waals surface area contributed by atoms with Gasteiger partial charge in [-0.05, 0) is 56.3 Å². The highest BCUT2D eigenvalue weighted by Crippen LogP contribution is 2.21. The molecule has 0 fully saturated rings. The molecular weight excluding hydrogens is 370 g/mol. The van der Waals surface area contributed by atoms with Gasteiger partial charge in [0.15, 0.2) is 0 Å². The number of hydrogen-bond donors (Lipinski definition) is 2. The van der Waals surface area contributed by atoms with Gasteiger partial charge in [-0.15, -0.1) is 0 Å². The molecule has 3 aromatic rings. The Balaban J connectivity index is 1.67. The van der Waals surface area contributed by atoms with E-state index in [9.17, 15) is 19.7 Å². The number of benzene rings is 3. The van der Waals surface area contributed by atoms with Crippen molar-refractivity contribution in [3.63, 3.8) is 0 Å². The van der Waals surface area contributed by atoms with E-state index in [4.69, 9.17) is 0 Å². The van der Waals surface area contributed by atoms with Crippen LogP contribution in [0.5, 0.6) is 0 Å². The lowest BCUT2D eigenvalue weighted by Crippen LogP contribution is -2.13. The molecule has 7 nitrogen and oxygen atoms in total. The summed E-state index contributed by atoms with van der Waals surface area (Å²) in [6, 6.07) is 18.2. The molecule has 3 aromatic carbocycles. The van der Waals surface area contributed by atoms with Crippen molar-refractivity contribution in [3.8, 4) is 0 Å². The second-order valence-corrected chi connectivity index (χ2v) is 6.61. The molecule has 29 heavy (non-hydrogen) atoms. The standard InChI is InChI=1S/C22H19N3O4/c1-14-4-3-5-16(12-14)21(26)23-18-8-10-19(11-9-18)24-22(27)17-7-6-15(2)20(13-17)25(28)29/h3-13H,1-2H3,(H,23,26)(H,24,27). The van der Waals surface area contributed by atoms with E-state index in [2.05, 4.69) is 10.6 Å². The van der Waals surface area contributed by atoms with Crippen LogP contribution in [-0.4, -0.2) is 16.7 Å². The van der Waals surface area contributed by atoms with Gasteiger partial charge >= 0.3 is 0 Å². The van der Waals surface area contributed by atoms with Crippen LogP contribution in [-0.2, 0) is 0 Å². The lowest BCUT2D eigenvalue weighted by molar-refractivity contribution is -0.385. The number of nitrogens with zero attached hydrogens (tertiary/aromatic N) is 1. The van der Waals surface area contributed by atoms with Gasteiger partial charge in [0.2, 0.25) is 0 Å². The van der Waals surface area contributed by atoms with E-state index in [1.54, 1.807) is 43.3 Å². The van der Waals surface area contributed by atoms with Crippen LogP contribution in [0, 0.1) is 24.0 Å². The van der Waals surface area contributed by atoms with Crippen LogP contribution in [0.2, 0.25) is 0 Å². The number of amides is 2. The molecule has 146 valence electrons. The molecule has 0 saturated carbocycles. The smallest absolute Gasteiger partial charge is 0.273 e. The third-order valence-corrected chi connectivity index (χ3v) is 4.35. The number of anilines is 2. The highest BCUT2D eigenvalue weighted by Gasteiger charge is 2.15. The van der Waals surface area contributed by atoms with E-state index in [1.165, 1.54) is 18.2 Å². The van der Waals surface area contributed by atoms with Gasteiger partial charge in [-0.3, -0.25) is 19.7 Å². The summed E-state index contributed by atoms with van der Waals surface area (Å²) in [6.45, 7) is 3.53. The second-order valence-electron chi connectivity index (χ2n) is 6.61. The third-order valence-electron chi connectivity index (χ3n) is 4.35. The molecule has 0 spiro atoms. The quantitative estimate of drug-likeness (QED) is 0.487. The van der Waals surface area contributed by atoms with Gasteiger partial charge in [0, 0.05) is 34.1 Å². The van der Waals surface area contributed by atoms with Crippen LogP contribution >= 0.6 is 0 Å². The Bertz CT molecular complexity index is 1090. The Morgan fingerprint density at radius 2 is 1.34 bits per heavy atom. The van der Waals surface area contributed by atoms with Gasteiger partial charge in [0.1, 0.15) is 0 Å². The summed E-state index contributed by atoms with van der Waals surface area (Å²) in [5.74, 6) is -0.679. The van der Waals surface area contributed by atoms with Gasteiger partial charge in [-0.25, -0.2) is 0 Å². The van der Waals surface area contributed by atoms with Crippen molar-refractivity contribution < 1.29 is 14.5 Å². The minimum Gasteiger partial charge on any atom is -0.322 e. The van der Waals surface area contributed by atoms with Crippen molar-refractivity contribution in [2.45, 2.75) is 13.8 Å². The van der Waals surface area contributed by atoms with Crippen molar-refractivity contribution in [2.75, 3.05) is 10.6 Å². The maximum Gasteiger partial charge on any atom is 0.273 e. The third kappa shape index (κ3) is 4.84. The molecule has 0 bridgehead atoms. The van der Waals surface area contributed by atoms with Crippen LogP contribution in [0.3, 0.4) is 0 Å². The highest BCUT2D eigenvalue weighted by molar-refractivity contribution is 6.06. The number of rotatable bonds is 5. The Labute approximate surface area is 167 Å². The minimum atomic E-state index is -0.516. The van der Waals surface area contributed by atoms with Crippen LogP contribution in [0.4, 0.5) is 17.1 Å². The fraction of sp³-hybridized carbons (Fsp3) is 0.0909. The number of nitro benzene ring substituents is 1. The molecule has 2 N–H and O–H groups in total. The summed E-state index contributed by atoms with van der Waals surface area (Å²) in [7, 11) is 0. The molecular formula is C22H19N3O4. The van der Waals surface area contributed by atoms with Crippen molar-refractivity contribution in [1.29, 1.82) is 0 Å². The number of nitrogens with one attached hydrogen (secondary N) is 2. The van der Waals surface area contributed by atoms with Gasteiger partial charge in [0.25, 0.3) is 17.5 Å². The summed E-state index contributed by atoms with van der Waals surface area (Å²) < 4.78 is 0. The maximum absolute atomic E-state index is 12.4. The zero-order valence-electron chi connectivity index (χ0n) is 15.9. The molecule has 0 aliphatic rings. The van der Waals surface area contributed by atoms with Crippen LogP contribution in [0.1, 0.15) is 31.8 Å². The van der Waals surface area contributed by atoms with Gasteiger partial charge in [-0.2, -0.15) is 0 Å². The molecule has 0 aliphatic carbocycles. The van der Waals surface area contributed by atoms with E-state index in [0.29, 0.717) is 22.5 Å². The number of carbonyl (C=O) groups is 2. The summed E-state index contributed by atoms with van der Waals surface area (Å²) >= 11 is 0. The Morgan fingerprint density at radius 1 is 0.793 bits per heavy atom. The first-order valence-corrected chi connectivity index (χ1v) is 8.88. The molecule has 3 rings (SSSR count). The van der Waals surface area contributed by atoms with E-state index < -0.39 is 10.8 Å². The number of hydrogen-bond acceptors (Lipinski definition) is 4. The van der Waals surface area contributed by atoms with Crippen LogP contribution < -0.4 is 10.6 Å². The number of nitro groups is 1. The predicted octanol–water partition coefficient (Wildman–Crippen LogP) is 4.72. The number of aryl methyl sites for hydroxylation is 2. The number of carbonyl (C=O) groups excluding carboxylic acids is 2. The fourth-order valence-corrected chi connectivity index (χ4v) is 2.78. The summed E-state index contributed by atoms with van der Waals surface area (Å²) in [6.07, 6.45) is 0. The first-order chi connectivity index (χ1) is 13.8. The van der Waals surface area contributed by atoms with E-state index in [-0.39, 0.29) is 17.2 Å². The normalized spacial score (nSPS) is 10.3. The molecule has 0 saturated heterocycles. The van der Waals surface area contributed by atoms with E-state index in [0.717, 1.165) is 5.56 Å². The Kier molecular flexibility index (Phi) is 5.69. The SMILES string of the molecule is Cc1cccc(C(=O)Nc2ccc(NC(=O)c3ccc(C)c([N+](=O)[O-])c3)cc2)c1. The molecule has 0 aromatic heterocycles. The van der Waals surface area contributed by atoms with Crippen LogP contribution in [0.15, 0.2) is 66.7 Å². The van der Waals surface area contributed by atoms with Crippen LogP contribution in [0.25, 0.3) is 0 Å². The Hall–Kier alpha value is -4.00. The predicted molar refractivity (Wildman–Crippen MR) is 111 cm³/mol. The molecule has 0 atom stereocenters. The molecule has 0 radical (unpaired) electrons. The molecule has 2 amide bonds. The molecule has 0 unspecified atom stereocenters. The molecule has 0 heterocycles. The fourth-order valence-electron chi connectivity index (χ4n) is 2.78. The summed E-state index contributed by atoms with van der Waals surface area (Å²) in [5.41, 5.74) is 3.22. The zero-order chi connectivity index (χ0) is 21.0. The van der Waals surface area contributed by atoms with Gasteiger partial charge in [-0.1, -0.05) is 23.8 Å². The van der Waals surface area contributed by atoms with Crippen molar-refractivity contribution in [2.24, 2.45) is 0 Å². The largest absolute Gasteiger partial charge is 0.322 e. The van der Waals surface area contributed by atoms with Crippen molar-refractivity contribution in [1.82, 2.24) is 0 Å².